The van der Waals surface area contributed by atoms with Gasteiger partial charge in [0.05, 0.1) is 11.8 Å². The summed E-state index contributed by atoms with van der Waals surface area (Å²) in [5, 5.41) is 22.7. The third-order valence-corrected chi connectivity index (χ3v) is 2.26. The van der Waals surface area contributed by atoms with Gasteiger partial charge in [-0.3, -0.25) is 0 Å². The predicted molar refractivity (Wildman–Crippen MR) is 62.7 cm³/mol. The number of azide groups is 1. The van der Waals surface area contributed by atoms with E-state index >= 15 is 0 Å². The standard InChI is InChI=1S/C9H14N6O2/c10-6-3-5(4-13-9(6)11)8(17)7(16)1-2-14-15-12/h3-4,7-8,16-17H,1-2,10H2,(H2,11,13). The predicted octanol–water partition coefficient (Wildman–Crippen LogP) is 0.341. The molecule has 0 aliphatic rings. The number of nitrogens with zero attached hydrogens (tertiary/aromatic N) is 4. The maximum absolute atomic E-state index is 9.78. The molecule has 0 saturated carbocycles. The average Bonchev–Trinajstić information content (AvgIpc) is 2.32. The van der Waals surface area contributed by atoms with Gasteiger partial charge in [-0.15, -0.1) is 0 Å². The van der Waals surface area contributed by atoms with E-state index in [9.17, 15) is 10.2 Å². The molecule has 17 heavy (non-hydrogen) atoms. The minimum absolute atomic E-state index is 0.104. The van der Waals surface area contributed by atoms with Crippen molar-refractivity contribution in [3.63, 3.8) is 0 Å². The Morgan fingerprint density at radius 2 is 2.18 bits per heavy atom. The quantitative estimate of drug-likeness (QED) is 0.330. The van der Waals surface area contributed by atoms with Crippen LogP contribution in [0.4, 0.5) is 11.5 Å². The minimum Gasteiger partial charge on any atom is -0.396 e. The largest absolute Gasteiger partial charge is 0.396 e. The third kappa shape index (κ3) is 3.49. The fourth-order valence-electron chi connectivity index (χ4n) is 1.29. The monoisotopic (exact) mass is 238 g/mol. The zero-order valence-electron chi connectivity index (χ0n) is 9.06. The number of aromatic nitrogens is 1. The molecular formula is C9H14N6O2. The number of aliphatic hydroxyl groups is 2. The molecule has 0 fully saturated rings. The average molecular weight is 238 g/mol. The molecule has 0 amide bonds. The van der Waals surface area contributed by atoms with Crippen LogP contribution in [-0.2, 0) is 0 Å². The third-order valence-electron chi connectivity index (χ3n) is 2.26. The first-order valence-electron chi connectivity index (χ1n) is 4.94. The van der Waals surface area contributed by atoms with Gasteiger partial charge in [0.1, 0.15) is 11.9 Å². The summed E-state index contributed by atoms with van der Waals surface area (Å²) in [7, 11) is 0. The summed E-state index contributed by atoms with van der Waals surface area (Å²) in [6.07, 6.45) is -0.701. The van der Waals surface area contributed by atoms with E-state index in [0.717, 1.165) is 0 Å². The smallest absolute Gasteiger partial charge is 0.146 e. The van der Waals surface area contributed by atoms with Crippen molar-refractivity contribution in [2.45, 2.75) is 18.6 Å². The molecule has 6 N–H and O–H groups in total. The molecular weight excluding hydrogens is 224 g/mol. The first-order valence-corrected chi connectivity index (χ1v) is 4.94. The number of pyridine rings is 1. The van der Waals surface area contributed by atoms with Gasteiger partial charge >= 0.3 is 0 Å². The van der Waals surface area contributed by atoms with E-state index in [1.165, 1.54) is 12.3 Å². The molecule has 0 bridgehead atoms. The first kappa shape index (κ1) is 13.0. The van der Waals surface area contributed by atoms with E-state index in [4.69, 9.17) is 17.0 Å². The van der Waals surface area contributed by atoms with E-state index in [0.29, 0.717) is 5.56 Å². The molecule has 1 heterocycles. The van der Waals surface area contributed by atoms with Crippen LogP contribution in [0.3, 0.4) is 0 Å². The van der Waals surface area contributed by atoms with Crippen LogP contribution in [0.1, 0.15) is 18.1 Å². The van der Waals surface area contributed by atoms with Gasteiger partial charge in [0.15, 0.2) is 0 Å². The van der Waals surface area contributed by atoms with Gasteiger partial charge < -0.3 is 21.7 Å². The molecule has 1 aromatic rings. The second-order valence-corrected chi connectivity index (χ2v) is 3.50. The second-order valence-electron chi connectivity index (χ2n) is 3.50. The van der Waals surface area contributed by atoms with Crippen molar-refractivity contribution in [2.75, 3.05) is 18.0 Å². The van der Waals surface area contributed by atoms with Crippen molar-refractivity contribution < 1.29 is 10.2 Å². The van der Waals surface area contributed by atoms with Crippen molar-refractivity contribution >= 4 is 11.5 Å². The van der Waals surface area contributed by atoms with Crippen LogP contribution in [0.25, 0.3) is 10.4 Å². The molecule has 2 atom stereocenters. The lowest BCUT2D eigenvalue weighted by atomic mass is 10.0. The lowest BCUT2D eigenvalue weighted by molar-refractivity contribution is 0.0149. The van der Waals surface area contributed by atoms with Gasteiger partial charge in [-0.2, -0.15) is 0 Å². The molecule has 1 rings (SSSR count). The zero-order valence-corrected chi connectivity index (χ0v) is 9.06. The minimum atomic E-state index is -1.14. The molecule has 0 saturated heterocycles. The van der Waals surface area contributed by atoms with Crippen LogP contribution in [-0.4, -0.2) is 27.8 Å². The molecule has 0 aliphatic carbocycles. The van der Waals surface area contributed by atoms with Crippen LogP contribution in [0.5, 0.6) is 0 Å². The molecule has 0 spiro atoms. The summed E-state index contributed by atoms with van der Waals surface area (Å²) in [5.41, 5.74) is 19.6. The number of hydrogen-bond acceptors (Lipinski definition) is 6. The molecule has 2 unspecified atom stereocenters. The highest BCUT2D eigenvalue weighted by molar-refractivity contribution is 5.58. The molecule has 0 aliphatic heterocycles. The molecule has 0 radical (unpaired) electrons. The van der Waals surface area contributed by atoms with Crippen molar-refractivity contribution in [3.05, 3.63) is 28.3 Å². The number of aliphatic hydroxyl groups excluding tert-OH is 2. The molecule has 8 heteroatoms. The number of hydrogen-bond donors (Lipinski definition) is 4. The summed E-state index contributed by atoms with van der Waals surface area (Å²) >= 11 is 0. The number of nitrogens with two attached hydrogens (primary N) is 2. The Morgan fingerprint density at radius 3 is 2.76 bits per heavy atom. The summed E-state index contributed by atoms with van der Waals surface area (Å²) in [5.74, 6) is 0.171. The number of anilines is 2. The van der Waals surface area contributed by atoms with E-state index in [1.54, 1.807) is 0 Å². The fourth-order valence-corrected chi connectivity index (χ4v) is 1.29. The Kier molecular flexibility index (Phi) is 4.53. The highest BCUT2D eigenvalue weighted by Crippen LogP contribution is 2.22. The molecule has 8 nitrogen and oxygen atoms in total. The van der Waals surface area contributed by atoms with Gasteiger partial charge in [0.2, 0.25) is 0 Å². The Morgan fingerprint density at radius 1 is 1.47 bits per heavy atom. The zero-order chi connectivity index (χ0) is 12.8. The maximum atomic E-state index is 9.78. The van der Waals surface area contributed by atoms with Crippen LogP contribution in [0.2, 0.25) is 0 Å². The maximum Gasteiger partial charge on any atom is 0.146 e. The van der Waals surface area contributed by atoms with Gasteiger partial charge in [0.25, 0.3) is 0 Å². The summed E-state index contributed by atoms with van der Waals surface area (Å²) in [6.45, 7) is 0.104. The van der Waals surface area contributed by atoms with Crippen LogP contribution in [0, 0.1) is 0 Å². The Bertz CT molecular complexity index is 431. The lowest BCUT2D eigenvalue weighted by Crippen LogP contribution is -2.19. The van der Waals surface area contributed by atoms with E-state index in [-0.39, 0.29) is 24.5 Å². The first-order chi connectivity index (χ1) is 8.06. The van der Waals surface area contributed by atoms with Crippen LogP contribution < -0.4 is 11.5 Å². The summed E-state index contributed by atoms with van der Waals surface area (Å²) in [4.78, 5) is 6.33. The van der Waals surface area contributed by atoms with Crippen molar-refractivity contribution in [1.29, 1.82) is 0 Å². The summed E-state index contributed by atoms with van der Waals surface area (Å²) < 4.78 is 0. The van der Waals surface area contributed by atoms with Gasteiger partial charge in [0, 0.05) is 23.2 Å². The number of rotatable bonds is 5. The highest BCUT2D eigenvalue weighted by atomic mass is 16.3. The Labute approximate surface area is 97.5 Å². The van der Waals surface area contributed by atoms with Crippen molar-refractivity contribution in [2.24, 2.45) is 5.11 Å². The fraction of sp³-hybridized carbons (Fsp3) is 0.444. The number of nitrogen functional groups attached to an aromatic ring is 2. The Hall–Kier alpha value is -2.02. The normalized spacial score (nSPS) is 13.8. The molecule has 0 aromatic carbocycles. The van der Waals surface area contributed by atoms with Crippen molar-refractivity contribution in [3.8, 4) is 0 Å². The SMILES string of the molecule is [N-]=[N+]=NCCC(O)C(O)c1cnc(N)c(N)c1. The van der Waals surface area contributed by atoms with Crippen molar-refractivity contribution in [1.82, 2.24) is 4.98 Å². The van der Waals surface area contributed by atoms with Gasteiger partial charge in [-0.25, -0.2) is 4.98 Å². The van der Waals surface area contributed by atoms with E-state index < -0.39 is 12.2 Å². The topological polar surface area (TPSA) is 154 Å². The molecule has 1 aromatic heterocycles. The van der Waals surface area contributed by atoms with Gasteiger partial charge in [-0.05, 0) is 18.0 Å². The second kappa shape index (κ2) is 5.90. The summed E-state index contributed by atoms with van der Waals surface area (Å²) in [6, 6.07) is 1.45. The van der Waals surface area contributed by atoms with Crippen LogP contribution >= 0.6 is 0 Å². The molecule has 92 valence electrons. The Balaban J connectivity index is 2.70. The highest BCUT2D eigenvalue weighted by Gasteiger charge is 2.18. The lowest BCUT2D eigenvalue weighted by Gasteiger charge is -2.17. The van der Waals surface area contributed by atoms with Gasteiger partial charge in [-0.1, -0.05) is 5.11 Å². The van der Waals surface area contributed by atoms with Crippen LogP contribution in [0.15, 0.2) is 17.4 Å². The van der Waals surface area contributed by atoms with E-state index in [2.05, 4.69) is 15.0 Å². The van der Waals surface area contributed by atoms with E-state index in [1.807, 2.05) is 0 Å².